The third-order valence-corrected chi connectivity index (χ3v) is 4.28. The van der Waals surface area contributed by atoms with Gasteiger partial charge in [-0.25, -0.2) is 0 Å². The highest BCUT2D eigenvalue weighted by Gasteiger charge is 2.23. The standard InChI is InChI=1S/C18H21NO2/c1-18(11-20,12-21)10-19-15-6-7-17-14(9-15)8-13-4-2-3-5-16(13)17/h2-7,9,19-21H,8,10-12H2,1H3. The van der Waals surface area contributed by atoms with Crippen molar-refractivity contribution in [2.45, 2.75) is 13.3 Å². The zero-order valence-corrected chi connectivity index (χ0v) is 12.3. The molecule has 0 unspecified atom stereocenters. The molecule has 3 heteroatoms. The molecule has 0 bridgehead atoms. The van der Waals surface area contributed by atoms with E-state index in [1.165, 1.54) is 22.3 Å². The third kappa shape index (κ3) is 2.67. The molecular formula is C18H21NO2. The van der Waals surface area contributed by atoms with E-state index in [1.807, 2.05) is 6.92 Å². The molecule has 0 aromatic heterocycles. The number of aliphatic hydroxyl groups is 2. The van der Waals surface area contributed by atoms with Crippen LogP contribution in [-0.2, 0) is 6.42 Å². The van der Waals surface area contributed by atoms with E-state index in [1.54, 1.807) is 0 Å². The first-order valence-corrected chi connectivity index (χ1v) is 7.32. The van der Waals surface area contributed by atoms with Gasteiger partial charge in [-0.05, 0) is 40.8 Å². The maximum absolute atomic E-state index is 9.34. The number of anilines is 1. The average molecular weight is 283 g/mol. The van der Waals surface area contributed by atoms with E-state index >= 15 is 0 Å². The van der Waals surface area contributed by atoms with Crippen LogP contribution in [-0.4, -0.2) is 30.0 Å². The molecule has 0 saturated carbocycles. The average Bonchev–Trinajstić information content (AvgIpc) is 2.90. The van der Waals surface area contributed by atoms with E-state index in [9.17, 15) is 10.2 Å². The van der Waals surface area contributed by atoms with E-state index in [0.717, 1.165) is 12.1 Å². The molecule has 3 rings (SSSR count). The summed E-state index contributed by atoms with van der Waals surface area (Å²) in [6.07, 6.45) is 0.971. The van der Waals surface area contributed by atoms with E-state index in [4.69, 9.17) is 0 Å². The van der Waals surface area contributed by atoms with Crippen LogP contribution in [0.2, 0.25) is 0 Å². The van der Waals surface area contributed by atoms with Gasteiger partial charge < -0.3 is 15.5 Å². The minimum Gasteiger partial charge on any atom is -0.396 e. The van der Waals surface area contributed by atoms with Crippen molar-refractivity contribution in [2.24, 2.45) is 5.41 Å². The van der Waals surface area contributed by atoms with Gasteiger partial charge in [-0.3, -0.25) is 0 Å². The Morgan fingerprint density at radius 2 is 1.71 bits per heavy atom. The van der Waals surface area contributed by atoms with Crippen LogP contribution in [0.3, 0.4) is 0 Å². The number of aliphatic hydroxyl groups excluding tert-OH is 2. The summed E-state index contributed by atoms with van der Waals surface area (Å²) in [5.74, 6) is 0. The Hall–Kier alpha value is -1.84. The number of fused-ring (bicyclic) bond motifs is 3. The zero-order chi connectivity index (χ0) is 14.9. The molecule has 3 nitrogen and oxygen atoms in total. The second-order valence-corrected chi connectivity index (χ2v) is 6.19. The highest BCUT2D eigenvalue weighted by atomic mass is 16.3. The summed E-state index contributed by atoms with van der Waals surface area (Å²) in [5, 5.41) is 22.0. The molecule has 0 radical (unpaired) electrons. The fourth-order valence-electron chi connectivity index (χ4n) is 2.73. The molecule has 0 spiro atoms. The Labute approximate surface area is 125 Å². The van der Waals surface area contributed by atoms with Gasteiger partial charge in [0.25, 0.3) is 0 Å². The molecule has 0 atom stereocenters. The maximum Gasteiger partial charge on any atom is 0.0523 e. The Balaban J connectivity index is 1.78. The molecule has 3 N–H and O–H groups in total. The smallest absolute Gasteiger partial charge is 0.0523 e. The lowest BCUT2D eigenvalue weighted by Crippen LogP contribution is -2.34. The Morgan fingerprint density at radius 1 is 1.00 bits per heavy atom. The van der Waals surface area contributed by atoms with Gasteiger partial charge in [0.15, 0.2) is 0 Å². The molecule has 0 heterocycles. The quantitative estimate of drug-likeness (QED) is 0.675. The summed E-state index contributed by atoms with van der Waals surface area (Å²) < 4.78 is 0. The van der Waals surface area contributed by atoms with Crippen LogP contribution < -0.4 is 5.32 Å². The molecule has 0 aliphatic heterocycles. The van der Waals surface area contributed by atoms with E-state index in [0.29, 0.717) is 6.54 Å². The van der Waals surface area contributed by atoms with Crippen molar-refractivity contribution < 1.29 is 10.2 Å². The van der Waals surface area contributed by atoms with Crippen LogP contribution in [0.25, 0.3) is 11.1 Å². The van der Waals surface area contributed by atoms with E-state index in [-0.39, 0.29) is 13.2 Å². The second-order valence-electron chi connectivity index (χ2n) is 6.19. The first kappa shape index (κ1) is 14.1. The lowest BCUT2D eigenvalue weighted by molar-refractivity contribution is 0.0806. The number of hydrogen-bond acceptors (Lipinski definition) is 3. The van der Waals surface area contributed by atoms with Crippen LogP contribution in [0.1, 0.15) is 18.1 Å². The minimum atomic E-state index is -0.498. The van der Waals surface area contributed by atoms with Gasteiger partial charge in [0.05, 0.1) is 13.2 Å². The van der Waals surface area contributed by atoms with E-state index in [2.05, 4.69) is 47.8 Å². The summed E-state index contributed by atoms with van der Waals surface area (Å²) in [5.41, 5.74) is 5.88. The number of rotatable bonds is 5. The SMILES string of the molecule is CC(CO)(CO)CNc1ccc2c(c1)Cc1ccccc1-2. The van der Waals surface area contributed by atoms with Crippen molar-refractivity contribution in [1.29, 1.82) is 0 Å². The molecule has 0 amide bonds. The van der Waals surface area contributed by atoms with Crippen LogP contribution in [0.15, 0.2) is 42.5 Å². The monoisotopic (exact) mass is 283 g/mol. The van der Waals surface area contributed by atoms with Crippen molar-refractivity contribution >= 4 is 5.69 Å². The topological polar surface area (TPSA) is 52.5 Å². The lowest BCUT2D eigenvalue weighted by atomic mass is 9.93. The van der Waals surface area contributed by atoms with Gasteiger partial charge in [-0.15, -0.1) is 0 Å². The van der Waals surface area contributed by atoms with Crippen molar-refractivity contribution in [2.75, 3.05) is 25.1 Å². The highest BCUT2D eigenvalue weighted by Crippen LogP contribution is 2.37. The van der Waals surface area contributed by atoms with Gasteiger partial charge in [-0.2, -0.15) is 0 Å². The minimum absolute atomic E-state index is 0.0348. The van der Waals surface area contributed by atoms with Crippen molar-refractivity contribution in [3.63, 3.8) is 0 Å². The summed E-state index contributed by atoms with van der Waals surface area (Å²) in [7, 11) is 0. The normalized spacial score (nSPS) is 12.9. The Kier molecular flexibility index (Phi) is 3.70. The Morgan fingerprint density at radius 3 is 2.48 bits per heavy atom. The summed E-state index contributed by atoms with van der Waals surface area (Å²) >= 11 is 0. The summed E-state index contributed by atoms with van der Waals surface area (Å²) in [6.45, 7) is 2.34. The second kappa shape index (κ2) is 5.51. The van der Waals surface area contributed by atoms with Gasteiger partial charge in [0, 0.05) is 17.6 Å². The summed E-state index contributed by atoms with van der Waals surface area (Å²) in [6, 6.07) is 14.9. The maximum atomic E-state index is 9.34. The lowest BCUT2D eigenvalue weighted by Gasteiger charge is -2.25. The highest BCUT2D eigenvalue weighted by molar-refractivity contribution is 5.78. The fraction of sp³-hybridized carbons (Fsp3) is 0.333. The number of benzene rings is 2. The first-order chi connectivity index (χ1) is 10.1. The first-order valence-electron chi connectivity index (χ1n) is 7.32. The molecule has 0 fully saturated rings. The molecule has 2 aromatic rings. The van der Waals surface area contributed by atoms with Crippen LogP contribution in [0.4, 0.5) is 5.69 Å². The van der Waals surface area contributed by atoms with Gasteiger partial charge >= 0.3 is 0 Å². The molecule has 2 aromatic carbocycles. The molecule has 110 valence electrons. The molecule has 21 heavy (non-hydrogen) atoms. The molecular weight excluding hydrogens is 262 g/mol. The number of hydrogen-bond donors (Lipinski definition) is 3. The molecule has 1 aliphatic rings. The van der Waals surface area contributed by atoms with Crippen LogP contribution in [0, 0.1) is 5.41 Å². The Bertz CT molecular complexity index is 647. The third-order valence-electron chi connectivity index (χ3n) is 4.28. The van der Waals surface area contributed by atoms with Gasteiger partial charge in [-0.1, -0.05) is 37.3 Å². The largest absolute Gasteiger partial charge is 0.396 e. The van der Waals surface area contributed by atoms with Crippen LogP contribution in [0.5, 0.6) is 0 Å². The van der Waals surface area contributed by atoms with Crippen molar-refractivity contribution in [3.05, 3.63) is 53.6 Å². The van der Waals surface area contributed by atoms with Crippen LogP contribution >= 0.6 is 0 Å². The van der Waals surface area contributed by atoms with E-state index < -0.39 is 5.41 Å². The van der Waals surface area contributed by atoms with Crippen molar-refractivity contribution in [3.8, 4) is 11.1 Å². The molecule has 1 aliphatic carbocycles. The van der Waals surface area contributed by atoms with Gasteiger partial charge in [0.2, 0.25) is 0 Å². The molecule has 0 saturated heterocycles. The predicted molar refractivity (Wildman–Crippen MR) is 85.5 cm³/mol. The predicted octanol–water partition coefficient (Wildman–Crippen LogP) is 2.66. The number of nitrogens with one attached hydrogen (secondary N) is 1. The van der Waals surface area contributed by atoms with Crippen molar-refractivity contribution in [1.82, 2.24) is 0 Å². The zero-order valence-electron chi connectivity index (χ0n) is 12.3. The fourth-order valence-corrected chi connectivity index (χ4v) is 2.73. The summed E-state index contributed by atoms with van der Waals surface area (Å²) in [4.78, 5) is 0. The van der Waals surface area contributed by atoms with Gasteiger partial charge in [0.1, 0.15) is 0 Å².